The van der Waals surface area contributed by atoms with Crippen molar-refractivity contribution < 1.29 is 4.79 Å². The maximum Gasteiger partial charge on any atom is 0.271 e. The Labute approximate surface area is 81.7 Å². The third kappa shape index (κ3) is 2.18. The molecule has 0 saturated heterocycles. The van der Waals surface area contributed by atoms with Crippen molar-refractivity contribution in [1.29, 1.82) is 0 Å². The van der Waals surface area contributed by atoms with Crippen LogP contribution in [-0.4, -0.2) is 22.6 Å². The molecule has 0 unspecified atom stereocenters. The van der Waals surface area contributed by atoms with Crippen molar-refractivity contribution in [3.63, 3.8) is 0 Å². The molecule has 1 aliphatic carbocycles. The molecule has 1 fully saturated rings. The molecule has 3 N–H and O–H groups in total. The topological polar surface area (TPSA) is 80.9 Å². The molecule has 2 rings (SSSR count). The summed E-state index contributed by atoms with van der Waals surface area (Å²) in [5, 5.41) is 10.1. The highest BCUT2D eigenvalue weighted by Gasteiger charge is 2.22. The maximum absolute atomic E-state index is 11.4. The number of nitrogens with zero attached hydrogens (tertiary/aromatic N) is 2. The smallest absolute Gasteiger partial charge is 0.271 e. The fourth-order valence-electron chi connectivity index (χ4n) is 1.11. The molecule has 1 saturated carbocycles. The van der Waals surface area contributed by atoms with E-state index in [4.69, 9.17) is 5.73 Å². The van der Waals surface area contributed by atoms with Gasteiger partial charge in [0, 0.05) is 6.54 Å². The summed E-state index contributed by atoms with van der Waals surface area (Å²) in [5.41, 5.74) is 5.67. The van der Waals surface area contributed by atoms with Crippen molar-refractivity contribution in [3.05, 3.63) is 17.8 Å². The number of amides is 1. The van der Waals surface area contributed by atoms with Crippen LogP contribution in [0.5, 0.6) is 0 Å². The van der Waals surface area contributed by atoms with E-state index in [9.17, 15) is 4.79 Å². The zero-order chi connectivity index (χ0) is 9.97. The van der Waals surface area contributed by atoms with Crippen molar-refractivity contribution in [2.75, 3.05) is 12.3 Å². The van der Waals surface area contributed by atoms with Crippen LogP contribution >= 0.6 is 0 Å². The molecule has 1 amide bonds. The van der Waals surface area contributed by atoms with Gasteiger partial charge < -0.3 is 11.1 Å². The average molecular weight is 192 g/mol. The third-order valence-corrected chi connectivity index (χ3v) is 2.17. The molecule has 1 aromatic rings. The number of nitrogen functional groups attached to an aromatic ring is 1. The van der Waals surface area contributed by atoms with Crippen LogP contribution in [0.2, 0.25) is 0 Å². The van der Waals surface area contributed by atoms with Crippen LogP contribution in [0.1, 0.15) is 23.3 Å². The quantitative estimate of drug-likeness (QED) is 0.716. The largest absolute Gasteiger partial charge is 0.382 e. The number of rotatable bonds is 3. The summed E-state index contributed by atoms with van der Waals surface area (Å²) >= 11 is 0. The van der Waals surface area contributed by atoms with Gasteiger partial charge in [0.15, 0.2) is 5.69 Å². The van der Waals surface area contributed by atoms with Crippen LogP contribution in [0.15, 0.2) is 12.1 Å². The molecule has 1 heterocycles. The number of hydrogen-bond donors (Lipinski definition) is 2. The van der Waals surface area contributed by atoms with Crippen molar-refractivity contribution in [2.45, 2.75) is 12.8 Å². The molecular formula is C9H12N4O. The van der Waals surface area contributed by atoms with Crippen LogP contribution in [0.3, 0.4) is 0 Å². The van der Waals surface area contributed by atoms with Crippen LogP contribution in [0.25, 0.3) is 0 Å². The van der Waals surface area contributed by atoms with Crippen molar-refractivity contribution in [1.82, 2.24) is 15.5 Å². The van der Waals surface area contributed by atoms with Crippen molar-refractivity contribution in [2.24, 2.45) is 5.92 Å². The van der Waals surface area contributed by atoms with Crippen molar-refractivity contribution >= 4 is 11.7 Å². The molecule has 74 valence electrons. The van der Waals surface area contributed by atoms with Crippen LogP contribution in [0.4, 0.5) is 5.82 Å². The molecule has 0 bridgehead atoms. The lowest BCUT2D eigenvalue weighted by molar-refractivity contribution is 0.0946. The predicted molar refractivity (Wildman–Crippen MR) is 51.5 cm³/mol. The van der Waals surface area contributed by atoms with E-state index in [0.717, 1.165) is 6.54 Å². The summed E-state index contributed by atoms with van der Waals surface area (Å²) in [7, 11) is 0. The first-order valence-corrected chi connectivity index (χ1v) is 4.63. The highest BCUT2D eigenvalue weighted by atomic mass is 16.1. The Hall–Kier alpha value is -1.65. The Morgan fingerprint density at radius 2 is 2.29 bits per heavy atom. The Balaban J connectivity index is 1.92. The molecule has 0 aliphatic heterocycles. The van der Waals surface area contributed by atoms with Gasteiger partial charge in [-0.05, 0) is 30.9 Å². The minimum atomic E-state index is -0.176. The first kappa shape index (κ1) is 8.93. The number of anilines is 1. The molecule has 1 aliphatic rings. The molecule has 14 heavy (non-hydrogen) atoms. The Bertz CT molecular complexity index is 331. The predicted octanol–water partition coefficient (Wildman–Crippen LogP) is 0.199. The Kier molecular flexibility index (Phi) is 2.30. The molecule has 5 heteroatoms. The van der Waals surface area contributed by atoms with Gasteiger partial charge in [0.2, 0.25) is 0 Å². The zero-order valence-corrected chi connectivity index (χ0v) is 7.73. The normalized spacial score (nSPS) is 15.1. The van der Waals surface area contributed by atoms with E-state index < -0.39 is 0 Å². The lowest BCUT2D eigenvalue weighted by atomic mass is 10.3. The summed E-state index contributed by atoms with van der Waals surface area (Å²) in [4.78, 5) is 11.4. The Morgan fingerprint density at radius 3 is 2.86 bits per heavy atom. The second kappa shape index (κ2) is 3.61. The highest BCUT2D eigenvalue weighted by molar-refractivity contribution is 5.92. The lowest BCUT2D eigenvalue weighted by Crippen LogP contribution is -2.26. The van der Waals surface area contributed by atoms with Gasteiger partial charge >= 0.3 is 0 Å². The number of carbonyl (C=O) groups is 1. The highest BCUT2D eigenvalue weighted by Crippen LogP contribution is 2.27. The van der Waals surface area contributed by atoms with Gasteiger partial charge in [-0.3, -0.25) is 4.79 Å². The monoisotopic (exact) mass is 192 g/mol. The molecule has 1 aromatic heterocycles. The van der Waals surface area contributed by atoms with Gasteiger partial charge in [0.05, 0.1) is 0 Å². The van der Waals surface area contributed by atoms with Crippen molar-refractivity contribution in [3.8, 4) is 0 Å². The molecule has 0 spiro atoms. The molecular weight excluding hydrogens is 180 g/mol. The van der Waals surface area contributed by atoms with Gasteiger partial charge in [-0.1, -0.05) is 0 Å². The summed E-state index contributed by atoms with van der Waals surface area (Å²) in [6.45, 7) is 0.741. The lowest BCUT2D eigenvalue weighted by Gasteiger charge is -2.02. The molecule has 0 atom stereocenters. The number of nitrogens with two attached hydrogens (primary N) is 1. The fraction of sp³-hybridized carbons (Fsp3) is 0.444. The van der Waals surface area contributed by atoms with E-state index in [1.807, 2.05) is 0 Å². The van der Waals surface area contributed by atoms with Crippen LogP contribution in [-0.2, 0) is 0 Å². The summed E-state index contributed by atoms with van der Waals surface area (Å²) in [5.74, 6) is 0.814. The SMILES string of the molecule is Nc1ccc(C(=O)NCC2CC2)nn1. The summed E-state index contributed by atoms with van der Waals surface area (Å²) in [6, 6.07) is 3.14. The standard InChI is InChI=1S/C9H12N4O/c10-8-4-3-7(12-13-8)9(14)11-5-6-1-2-6/h3-4,6H,1-2,5H2,(H2,10,13)(H,11,14). The zero-order valence-electron chi connectivity index (χ0n) is 7.73. The van der Waals surface area contributed by atoms with Crippen LogP contribution in [0, 0.1) is 5.92 Å². The minimum Gasteiger partial charge on any atom is -0.382 e. The molecule has 0 aromatic carbocycles. The van der Waals surface area contributed by atoms with E-state index in [1.165, 1.54) is 12.8 Å². The Morgan fingerprint density at radius 1 is 1.50 bits per heavy atom. The van der Waals surface area contributed by atoms with Gasteiger partial charge in [0.25, 0.3) is 5.91 Å². The summed E-state index contributed by atoms with van der Waals surface area (Å²) < 4.78 is 0. The summed E-state index contributed by atoms with van der Waals surface area (Å²) in [6.07, 6.45) is 2.43. The van der Waals surface area contributed by atoms with Gasteiger partial charge in [-0.25, -0.2) is 0 Å². The van der Waals surface area contributed by atoms with E-state index in [2.05, 4.69) is 15.5 Å². The second-order valence-electron chi connectivity index (χ2n) is 3.50. The first-order chi connectivity index (χ1) is 6.75. The number of hydrogen-bond acceptors (Lipinski definition) is 4. The van der Waals surface area contributed by atoms with E-state index in [-0.39, 0.29) is 5.91 Å². The van der Waals surface area contributed by atoms with E-state index in [1.54, 1.807) is 12.1 Å². The number of aromatic nitrogens is 2. The third-order valence-electron chi connectivity index (χ3n) is 2.17. The van der Waals surface area contributed by atoms with Gasteiger partial charge in [0.1, 0.15) is 5.82 Å². The van der Waals surface area contributed by atoms with E-state index >= 15 is 0 Å². The molecule has 5 nitrogen and oxygen atoms in total. The van der Waals surface area contributed by atoms with Crippen LogP contribution < -0.4 is 11.1 Å². The minimum absolute atomic E-state index is 0.176. The number of carbonyl (C=O) groups excluding carboxylic acids is 1. The maximum atomic E-state index is 11.4. The second-order valence-corrected chi connectivity index (χ2v) is 3.50. The van der Waals surface area contributed by atoms with Gasteiger partial charge in [-0.2, -0.15) is 0 Å². The molecule has 0 radical (unpaired) electrons. The fourth-order valence-corrected chi connectivity index (χ4v) is 1.11. The average Bonchev–Trinajstić information content (AvgIpc) is 2.99. The van der Waals surface area contributed by atoms with E-state index in [0.29, 0.717) is 17.4 Å². The van der Waals surface area contributed by atoms with Gasteiger partial charge in [-0.15, -0.1) is 10.2 Å². The first-order valence-electron chi connectivity index (χ1n) is 4.63. The number of nitrogens with one attached hydrogen (secondary N) is 1.